The molecular formula is C24H23N7O2. The molecule has 1 saturated heterocycles. The molecule has 0 spiro atoms. The normalized spacial score (nSPS) is 14.8. The summed E-state index contributed by atoms with van der Waals surface area (Å²) in [6, 6.07) is 9.35. The number of carbonyl (C=O) groups excluding carboxylic acids is 2. The van der Waals surface area contributed by atoms with E-state index < -0.39 is 11.8 Å². The second-order valence-corrected chi connectivity index (χ2v) is 8.10. The fourth-order valence-corrected chi connectivity index (χ4v) is 4.33. The maximum Gasteiger partial charge on any atom is 0.257 e. The van der Waals surface area contributed by atoms with E-state index in [2.05, 4.69) is 20.1 Å². The minimum atomic E-state index is -0.741. The van der Waals surface area contributed by atoms with Gasteiger partial charge in [-0.25, -0.2) is 14.5 Å². The van der Waals surface area contributed by atoms with Gasteiger partial charge in [0.15, 0.2) is 0 Å². The highest BCUT2D eigenvalue weighted by Crippen LogP contribution is 2.26. The first kappa shape index (κ1) is 20.7. The Hall–Kier alpha value is -4.14. The van der Waals surface area contributed by atoms with Crippen LogP contribution in [0.3, 0.4) is 0 Å². The lowest BCUT2D eigenvalue weighted by Gasteiger charge is -2.26. The van der Waals surface area contributed by atoms with Gasteiger partial charge in [0.1, 0.15) is 12.2 Å². The Morgan fingerprint density at radius 1 is 0.939 bits per heavy atom. The summed E-state index contributed by atoms with van der Waals surface area (Å²) in [5.74, 6) is -1.25. The standard InChI is InChI=1S/C24H23N7O2/c25-23(32)22(17-11-26-15-27-12-17)19-8-7-16(13-28-19)20-5-4-6-21-18(14-29-31(20)21)24(33)30-9-2-1-3-10-30/h4-8,11-15,22H,1-3,9-10H2,(H2,25,32). The average molecular weight is 441 g/mol. The summed E-state index contributed by atoms with van der Waals surface area (Å²) in [7, 11) is 0. The number of aromatic nitrogens is 5. The topological polar surface area (TPSA) is 119 Å². The number of rotatable bonds is 5. The van der Waals surface area contributed by atoms with Crippen molar-refractivity contribution in [2.45, 2.75) is 25.2 Å². The Bertz CT molecular complexity index is 1300. The van der Waals surface area contributed by atoms with Gasteiger partial charge in [0, 0.05) is 42.8 Å². The Morgan fingerprint density at radius 2 is 1.73 bits per heavy atom. The second-order valence-electron chi connectivity index (χ2n) is 8.10. The molecule has 0 bridgehead atoms. The number of hydrogen-bond acceptors (Lipinski definition) is 6. The van der Waals surface area contributed by atoms with Crippen molar-refractivity contribution in [3.8, 4) is 11.3 Å². The van der Waals surface area contributed by atoms with Gasteiger partial charge < -0.3 is 10.6 Å². The molecule has 0 saturated carbocycles. The highest BCUT2D eigenvalue weighted by Gasteiger charge is 2.24. The minimum Gasteiger partial charge on any atom is -0.369 e. The number of carbonyl (C=O) groups is 2. The van der Waals surface area contributed by atoms with E-state index in [0.717, 1.165) is 42.7 Å². The number of nitrogens with zero attached hydrogens (tertiary/aromatic N) is 6. The Labute approximate surface area is 190 Å². The van der Waals surface area contributed by atoms with E-state index >= 15 is 0 Å². The number of fused-ring (bicyclic) bond motifs is 1. The van der Waals surface area contributed by atoms with Crippen LogP contribution in [0, 0.1) is 0 Å². The molecule has 0 radical (unpaired) electrons. The summed E-state index contributed by atoms with van der Waals surface area (Å²) >= 11 is 0. The van der Waals surface area contributed by atoms with E-state index in [1.807, 2.05) is 29.2 Å². The van der Waals surface area contributed by atoms with Crippen molar-refractivity contribution in [3.05, 3.63) is 78.3 Å². The zero-order chi connectivity index (χ0) is 22.8. The Balaban J connectivity index is 1.48. The second kappa shape index (κ2) is 8.78. The molecule has 1 aliphatic heterocycles. The molecule has 1 atom stereocenters. The van der Waals surface area contributed by atoms with Gasteiger partial charge in [-0.3, -0.25) is 14.6 Å². The van der Waals surface area contributed by atoms with Crippen molar-refractivity contribution in [1.29, 1.82) is 0 Å². The van der Waals surface area contributed by atoms with Crippen molar-refractivity contribution in [2.75, 3.05) is 13.1 Å². The van der Waals surface area contributed by atoms with Crippen LogP contribution in [0.25, 0.3) is 16.8 Å². The fraction of sp³-hybridized carbons (Fsp3) is 0.250. The van der Waals surface area contributed by atoms with Gasteiger partial charge >= 0.3 is 0 Å². The summed E-state index contributed by atoms with van der Waals surface area (Å²) in [5.41, 5.74) is 9.67. The van der Waals surface area contributed by atoms with Gasteiger partial charge in [-0.15, -0.1) is 0 Å². The van der Waals surface area contributed by atoms with E-state index in [4.69, 9.17) is 5.73 Å². The van der Waals surface area contributed by atoms with Gasteiger partial charge in [-0.1, -0.05) is 6.07 Å². The molecule has 166 valence electrons. The summed E-state index contributed by atoms with van der Waals surface area (Å²) in [6.07, 6.45) is 11.1. The molecule has 9 heteroatoms. The van der Waals surface area contributed by atoms with Gasteiger partial charge in [-0.05, 0) is 43.5 Å². The zero-order valence-electron chi connectivity index (χ0n) is 18.0. The predicted molar refractivity (Wildman–Crippen MR) is 121 cm³/mol. The van der Waals surface area contributed by atoms with E-state index in [0.29, 0.717) is 16.8 Å². The van der Waals surface area contributed by atoms with Crippen molar-refractivity contribution >= 4 is 17.3 Å². The molecule has 1 fully saturated rings. The van der Waals surface area contributed by atoms with Crippen molar-refractivity contribution in [2.24, 2.45) is 5.73 Å². The Kier molecular flexibility index (Phi) is 5.52. The smallest absolute Gasteiger partial charge is 0.257 e. The maximum atomic E-state index is 13.0. The molecule has 9 nitrogen and oxygen atoms in total. The highest BCUT2D eigenvalue weighted by atomic mass is 16.2. The molecule has 33 heavy (non-hydrogen) atoms. The first-order chi connectivity index (χ1) is 16.1. The van der Waals surface area contributed by atoms with Crippen LogP contribution in [0.5, 0.6) is 0 Å². The van der Waals surface area contributed by atoms with Crippen molar-refractivity contribution < 1.29 is 9.59 Å². The van der Waals surface area contributed by atoms with Gasteiger partial charge in [0.05, 0.1) is 28.7 Å². The number of primary amides is 1. The molecule has 0 aromatic carbocycles. The molecule has 4 aromatic heterocycles. The molecule has 0 aliphatic carbocycles. The van der Waals surface area contributed by atoms with Crippen LogP contribution in [-0.4, -0.2) is 54.4 Å². The first-order valence-corrected chi connectivity index (χ1v) is 10.9. The van der Waals surface area contributed by atoms with E-state index in [-0.39, 0.29) is 5.91 Å². The quantitative estimate of drug-likeness (QED) is 0.508. The number of nitrogens with two attached hydrogens (primary N) is 1. The molecule has 2 N–H and O–H groups in total. The van der Waals surface area contributed by atoms with E-state index in [1.165, 1.54) is 12.7 Å². The lowest BCUT2D eigenvalue weighted by atomic mass is 9.96. The third kappa shape index (κ3) is 3.93. The van der Waals surface area contributed by atoms with Crippen LogP contribution in [0.4, 0.5) is 0 Å². The van der Waals surface area contributed by atoms with Crippen LogP contribution >= 0.6 is 0 Å². The maximum absolute atomic E-state index is 13.0. The molecule has 2 amide bonds. The van der Waals surface area contributed by atoms with Crippen LogP contribution in [0.15, 0.2) is 61.4 Å². The molecular weight excluding hydrogens is 418 g/mol. The fourth-order valence-electron chi connectivity index (χ4n) is 4.33. The van der Waals surface area contributed by atoms with Gasteiger partial charge in [0.25, 0.3) is 5.91 Å². The molecule has 4 aromatic rings. The molecule has 1 unspecified atom stereocenters. The number of amides is 2. The summed E-state index contributed by atoms with van der Waals surface area (Å²) in [6.45, 7) is 1.57. The molecule has 5 rings (SSSR count). The molecule has 1 aliphatic rings. The average Bonchev–Trinajstić information content (AvgIpc) is 3.29. The summed E-state index contributed by atoms with van der Waals surface area (Å²) < 4.78 is 1.75. The monoisotopic (exact) mass is 441 g/mol. The SMILES string of the molecule is NC(=O)C(c1cncnc1)c1ccc(-c2cccc3c(C(=O)N4CCCCC4)cnn23)cn1. The highest BCUT2D eigenvalue weighted by molar-refractivity contribution is 6.01. The number of piperidine rings is 1. The van der Waals surface area contributed by atoms with Gasteiger partial charge in [0.2, 0.25) is 5.91 Å². The van der Waals surface area contributed by atoms with Crippen LogP contribution < -0.4 is 5.73 Å². The Morgan fingerprint density at radius 3 is 2.42 bits per heavy atom. The van der Waals surface area contributed by atoms with Crippen molar-refractivity contribution in [3.63, 3.8) is 0 Å². The van der Waals surface area contributed by atoms with Crippen LogP contribution in [-0.2, 0) is 4.79 Å². The first-order valence-electron chi connectivity index (χ1n) is 10.9. The van der Waals surface area contributed by atoms with Gasteiger partial charge in [-0.2, -0.15) is 5.10 Å². The minimum absolute atomic E-state index is 0.0182. The summed E-state index contributed by atoms with van der Waals surface area (Å²) in [4.78, 5) is 39.5. The van der Waals surface area contributed by atoms with Crippen molar-refractivity contribution in [1.82, 2.24) is 29.5 Å². The summed E-state index contributed by atoms with van der Waals surface area (Å²) in [5, 5.41) is 4.50. The zero-order valence-corrected chi connectivity index (χ0v) is 18.0. The lowest BCUT2D eigenvalue weighted by Crippen LogP contribution is -2.35. The third-order valence-electron chi connectivity index (χ3n) is 5.99. The van der Waals surface area contributed by atoms with E-state index in [9.17, 15) is 9.59 Å². The predicted octanol–water partition coefficient (Wildman–Crippen LogP) is 2.43. The largest absolute Gasteiger partial charge is 0.369 e. The number of pyridine rings is 2. The number of hydrogen-bond donors (Lipinski definition) is 1. The van der Waals surface area contributed by atoms with Crippen LogP contribution in [0.1, 0.15) is 46.8 Å². The van der Waals surface area contributed by atoms with Crippen LogP contribution in [0.2, 0.25) is 0 Å². The van der Waals surface area contributed by atoms with E-state index in [1.54, 1.807) is 35.4 Å². The molecule has 5 heterocycles. The third-order valence-corrected chi connectivity index (χ3v) is 5.99. The number of likely N-dealkylation sites (tertiary alicyclic amines) is 1. The lowest BCUT2D eigenvalue weighted by molar-refractivity contribution is -0.118.